The lowest BCUT2D eigenvalue weighted by Gasteiger charge is -2.37. The minimum Gasteiger partial charge on any atom is -0.454 e. The van der Waals surface area contributed by atoms with Gasteiger partial charge >= 0.3 is 0 Å². The van der Waals surface area contributed by atoms with Gasteiger partial charge in [-0.2, -0.15) is 5.26 Å². The van der Waals surface area contributed by atoms with Gasteiger partial charge < -0.3 is 14.8 Å². The number of nitriles is 1. The smallest absolute Gasteiger partial charge is 0.271 e. The molecule has 0 fully saturated rings. The number of nitrogens with one attached hydrogen (secondary N) is 1. The van der Waals surface area contributed by atoms with Gasteiger partial charge in [0.1, 0.15) is 6.07 Å². The third-order valence-corrected chi connectivity index (χ3v) is 5.54. The predicted molar refractivity (Wildman–Crippen MR) is 96.7 cm³/mol. The first-order valence-corrected chi connectivity index (χ1v) is 8.71. The van der Waals surface area contributed by atoms with E-state index in [0.29, 0.717) is 17.0 Å². The SMILES string of the molecule is N#Cc1cc([N+](=O)[O-])cc2c1N[C@@H](c1ccc3c(c1)OCO3)[C@H]1CC=C[C@@H]21. The number of hydrogen-bond acceptors (Lipinski definition) is 6. The minimum atomic E-state index is -0.446. The first-order chi connectivity index (χ1) is 13.2. The summed E-state index contributed by atoms with van der Waals surface area (Å²) in [6.45, 7) is 0.218. The van der Waals surface area contributed by atoms with Crippen molar-refractivity contribution >= 4 is 11.4 Å². The van der Waals surface area contributed by atoms with Gasteiger partial charge in [0.05, 0.1) is 22.2 Å². The lowest BCUT2D eigenvalue weighted by molar-refractivity contribution is -0.384. The fourth-order valence-electron chi connectivity index (χ4n) is 4.32. The number of rotatable bonds is 2. The van der Waals surface area contributed by atoms with Crippen LogP contribution in [-0.4, -0.2) is 11.7 Å². The molecule has 3 atom stereocenters. The maximum absolute atomic E-state index is 11.3. The largest absolute Gasteiger partial charge is 0.454 e. The Kier molecular flexibility index (Phi) is 3.34. The number of non-ortho nitro benzene ring substituents is 1. The Morgan fingerprint density at radius 1 is 1.22 bits per heavy atom. The van der Waals surface area contributed by atoms with Crippen LogP contribution in [0.1, 0.15) is 35.1 Å². The van der Waals surface area contributed by atoms with E-state index in [0.717, 1.165) is 23.3 Å². The second-order valence-corrected chi connectivity index (χ2v) is 6.91. The molecule has 2 aliphatic heterocycles. The second-order valence-electron chi connectivity index (χ2n) is 6.91. The molecular weight excluding hydrogens is 346 g/mol. The minimum absolute atomic E-state index is 0.0273. The average Bonchev–Trinajstić information content (AvgIpc) is 3.35. The van der Waals surface area contributed by atoms with Gasteiger partial charge in [-0.05, 0) is 35.6 Å². The van der Waals surface area contributed by atoms with E-state index in [-0.39, 0.29) is 30.4 Å². The summed E-state index contributed by atoms with van der Waals surface area (Å²) in [6.07, 6.45) is 5.06. The number of nitrogens with zero attached hydrogens (tertiary/aromatic N) is 2. The standard InChI is InChI=1S/C20H15N3O4/c21-9-12-6-13(23(24)25)8-16-14-2-1-3-15(14)19(22-20(12)16)11-4-5-17-18(7-11)27-10-26-17/h1-2,4-8,14-15,19,22H,3,10H2/t14-,15+,19+/m1/s1. The van der Waals surface area contributed by atoms with Crippen molar-refractivity contribution in [1.29, 1.82) is 5.26 Å². The van der Waals surface area contributed by atoms with Gasteiger partial charge in [0.15, 0.2) is 11.5 Å². The molecule has 2 aromatic carbocycles. The van der Waals surface area contributed by atoms with Crippen molar-refractivity contribution in [2.75, 3.05) is 12.1 Å². The molecule has 3 aliphatic rings. The van der Waals surface area contributed by atoms with E-state index >= 15 is 0 Å². The van der Waals surface area contributed by atoms with Gasteiger partial charge in [-0.25, -0.2) is 0 Å². The van der Waals surface area contributed by atoms with Crippen molar-refractivity contribution in [1.82, 2.24) is 0 Å². The van der Waals surface area contributed by atoms with Gasteiger partial charge in [-0.15, -0.1) is 0 Å². The zero-order valence-corrected chi connectivity index (χ0v) is 14.2. The predicted octanol–water partition coefficient (Wildman–Crippen LogP) is 4.02. The van der Waals surface area contributed by atoms with Gasteiger partial charge in [0, 0.05) is 18.1 Å². The van der Waals surface area contributed by atoms with Crippen LogP contribution in [0.5, 0.6) is 11.5 Å². The molecule has 134 valence electrons. The molecule has 0 saturated heterocycles. The first-order valence-electron chi connectivity index (χ1n) is 8.71. The van der Waals surface area contributed by atoms with Crippen LogP contribution < -0.4 is 14.8 Å². The van der Waals surface area contributed by atoms with E-state index < -0.39 is 4.92 Å². The van der Waals surface area contributed by atoms with E-state index in [9.17, 15) is 15.4 Å². The maximum Gasteiger partial charge on any atom is 0.271 e. The third kappa shape index (κ3) is 2.34. The summed E-state index contributed by atoms with van der Waals surface area (Å²) >= 11 is 0. The molecule has 5 rings (SSSR count). The highest BCUT2D eigenvalue weighted by Gasteiger charge is 2.40. The lowest BCUT2D eigenvalue weighted by Crippen LogP contribution is -2.29. The lowest BCUT2D eigenvalue weighted by atomic mass is 9.76. The number of nitro benzene ring substituents is 1. The van der Waals surface area contributed by atoms with Crippen LogP contribution in [0.3, 0.4) is 0 Å². The normalized spacial score (nSPS) is 23.9. The van der Waals surface area contributed by atoms with Crippen molar-refractivity contribution in [2.45, 2.75) is 18.4 Å². The number of nitro groups is 1. The molecule has 0 saturated carbocycles. The van der Waals surface area contributed by atoms with Crippen molar-refractivity contribution in [2.24, 2.45) is 5.92 Å². The number of fused-ring (bicyclic) bond motifs is 4. The number of benzene rings is 2. The molecule has 7 heteroatoms. The fourth-order valence-corrected chi connectivity index (χ4v) is 4.32. The van der Waals surface area contributed by atoms with Crippen LogP contribution in [0.25, 0.3) is 0 Å². The highest BCUT2D eigenvalue weighted by atomic mass is 16.7. The second kappa shape index (κ2) is 5.74. The molecule has 1 N–H and O–H groups in total. The van der Waals surface area contributed by atoms with Crippen LogP contribution in [0.4, 0.5) is 11.4 Å². The highest BCUT2D eigenvalue weighted by Crippen LogP contribution is 2.52. The summed E-state index contributed by atoms with van der Waals surface area (Å²) in [5.41, 5.74) is 2.79. The van der Waals surface area contributed by atoms with Crippen LogP contribution in [0, 0.1) is 27.4 Å². The molecule has 0 spiro atoms. The van der Waals surface area contributed by atoms with E-state index in [4.69, 9.17) is 9.47 Å². The Bertz CT molecular complexity index is 1040. The number of allylic oxidation sites excluding steroid dienone is 2. The van der Waals surface area contributed by atoms with Crippen LogP contribution in [0.2, 0.25) is 0 Å². The summed E-state index contributed by atoms with van der Waals surface area (Å²) in [4.78, 5) is 10.8. The summed E-state index contributed by atoms with van der Waals surface area (Å²) < 4.78 is 10.9. The molecule has 2 heterocycles. The van der Waals surface area contributed by atoms with Gasteiger partial charge in [-0.1, -0.05) is 18.2 Å². The molecule has 0 unspecified atom stereocenters. The molecule has 0 amide bonds. The molecule has 1 aliphatic carbocycles. The molecule has 0 aromatic heterocycles. The number of anilines is 1. The zero-order valence-electron chi connectivity index (χ0n) is 14.2. The van der Waals surface area contributed by atoms with Crippen LogP contribution in [-0.2, 0) is 0 Å². The van der Waals surface area contributed by atoms with Crippen molar-refractivity contribution in [3.05, 3.63) is 69.3 Å². The summed E-state index contributed by atoms with van der Waals surface area (Å²) in [7, 11) is 0. The highest BCUT2D eigenvalue weighted by molar-refractivity contribution is 5.71. The number of hydrogen-bond donors (Lipinski definition) is 1. The molecule has 0 radical (unpaired) electrons. The monoisotopic (exact) mass is 361 g/mol. The van der Waals surface area contributed by atoms with Gasteiger partial charge in [-0.3, -0.25) is 10.1 Å². The molecule has 7 nitrogen and oxygen atoms in total. The van der Waals surface area contributed by atoms with E-state index in [1.54, 1.807) is 6.07 Å². The third-order valence-electron chi connectivity index (χ3n) is 5.54. The fraction of sp³-hybridized carbons (Fsp3) is 0.250. The molecule has 2 aromatic rings. The quantitative estimate of drug-likeness (QED) is 0.493. The summed E-state index contributed by atoms with van der Waals surface area (Å²) in [5.74, 6) is 1.69. The maximum atomic E-state index is 11.3. The molecule has 0 bridgehead atoms. The molecule has 27 heavy (non-hydrogen) atoms. The van der Waals surface area contributed by atoms with E-state index in [1.807, 2.05) is 18.2 Å². The summed E-state index contributed by atoms with van der Waals surface area (Å²) in [6, 6.07) is 10.9. The van der Waals surface area contributed by atoms with E-state index in [2.05, 4.69) is 23.5 Å². The number of ether oxygens (including phenoxy) is 2. The molecular formula is C20H15N3O4. The van der Waals surface area contributed by atoms with Crippen molar-refractivity contribution < 1.29 is 14.4 Å². The average molecular weight is 361 g/mol. The Labute approximate surface area is 155 Å². The van der Waals surface area contributed by atoms with Crippen LogP contribution in [0.15, 0.2) is 42.5 Å². The first kappa shape index (κ1) is 15.7. The van der Waals surface area contributed by atoms with Crippen LogP contribution >= 0.6 is 0 Å². The van der Waals surface area contributed by atoms with Gasteiger partial charge in [0.2, 0.25) is 6.79 Å². The Morgan fingerprint density at radius 3 is 2.89 bits per heavy atom. The van der Waals surface area contributed by atoms with Crippen molar-refractivity contribution in [3.8, 4) is 17.6 Å². The van der Waals surface area contributed by atoms with Crippen molar-refractivity contribution in [3.63, 3.8) is 0 Å². The Balaban J connectivity index is 1.63. The Hall–Kier alpha value is -3.53. The van der Waals surface area contributed by atoms with E-state index in [1.165, 1.54) is 6.07 Å². The zero-order chi connectivity index (χ0) is 18.5. The Morgan fingerprint density at radius 2 is 2.07 bits per heavy atom. The summed E-state index contributed by atoms with van der Waals surface area (Å²) in [5, 5.41) is 24.3. The van der Waals surface area contributed by atoms with Gasteiger partial charge in [0.25, 0.3) is 5.69 Å². The topological polar surface area (TPSA) is 97.4 Å².